The largest absolute Gasteiger partial charge is 0.497 e. The molecule has 0 unspecified atom stereocenters. The van der Waals surface area contributed by atoms with Crippen molar-refractivity contribution in [3.05, 3.63) is 29.8 Å². The second-order valence-electron chi connectivity index (χ2n) is 5.49. The number of benzene rings is 1. The van der Waals surface area contributed by atoms with E-state index < -0.39 is 36.1 Å². The van der Waals surface area contributed by atoms with E-state index >= 15 is 0 Å². The van der Waals surface area contributed by atoms with E-state index in [9.17, 15) is 19.6 Å². The quantitative estimate of drug-likeness (QED) is 0.726. The van der Waals surface area contributed by atoms with Crippen LogP contribution in [0.15, 0.2) is 24.3 Å². The molecule has 0 N–H and O–H groups in total. The van der Waals surface area contributed by atoms with Crippen molar-refractivity contribution in [3.8, 4) is 11.8 Å². The highest BCUT2D eigenvalue weighted by Gasteiger charge is 2.52. The Morgan fingerprint density at radius 3 is 2.24 bits per heavy atom. The highest BCUT2D eigenvalue weighted by atomic mass is 16.6. The summed E-state index contributed by atoms with van der Waals surface area (Å²) < 4.78 is 15.2. The second-order valence-corrected chi connectivity index (χ2v) is 5.49. The molecule has 1 aromatic carbocycles. The Morgan fingerprint density at radius 2 is 1.76 bits per heavy atom. The monoisotopic (exact) mass is 346 g/mol. The molecule has 132 valence electrons. The van der Waals surface area contributed by atoms with E-state index in [1.807, 2.05) is 6.07 Å². The second kappa shape index (κ2) is 7.66. The van der Waals surface area contributed by atoms with Crippen LogP contribution in [0.2, 0.25) is 0 Å². The molecule has 0 aromatic heterocycles. The average Bonchev–Trinajstić information content (AvgIpc) is 2.79. The Balaban J connectivity index is 2.28. The van der Waals surface area contributed by atoms with Crippen molar-refractivity contribution in [2.24, 2.45) is 0 Å². The van der Waals surface area contributed by atoms with Crippen LogP contribution in [0.3, 0.4) is 0 Å². The van der Waals surface area contributed by atoms with Crippen LogP contribution >= 0.6 is 0 Å². The van der Waals surface area contributed by atoms with Gasteiger partial charge < -0.3 is 19.1 Å². The smallest absolute Gasteiger partial charge is 0.303 e. The number of rotatable bonds is 5. The van der Waals surface area contributed by atoms with Crippen LogP contribution < -0.4 is 4.74 Å². The molecule has 1 aliphatic rings. The Kier molecular flexibility index (Phi) is 5.60. The van der Waals surface area contributed by atoms with Gasteiger partial charge >= 0.3 is 11.9 Å². The maximum Gasteiger partial charge on any atom is 0.303 e. The lowest BCUT2D eigenvalue weighted by atomic mass is 10.1. The molecule has 8 nitrogen and oxygen atoms in total. The highest BCUT2D eigenvalue weighted by molar-refractivity contribution is 5.88. The Morgan fingerprint density at radius 1 is 1.16 bits per heavy atom. The van der Waals surface area contributed by atoms with Crippen LogP contribution in [0.4, 0.5) is 0 Å². The lowest BCUT2D eigenvalue weighted by Gasteiger charge is -2.21. The maximum atomic E-state index is 12.6. The van der Waals surface area contributed by atoms with Crippen molar-refractivity contribution in [2.75, 3.05) is 7.11 Å². The van der Waals surface area contributed by atoms with Gasteiger partial charge in [-0.2, -0.15) is 5.26 Å². The summed E-state index contributed by atoms with van der Waals surface area (Å²) in [4.78, 5) is 36.4. The van der Waals surface area contributed by atoms with E-state index in [4.69, 9.17) is 14.2 Å². The summed E-state index contributed by atoms with van der Waals surface area (Å²) in [5.74, 6) is -1.28. The van der Waals surface area contributed by atoms with Gasteiger partial charge in [0.1, 0.15) is 5.75 Å². The van der Waals surface area contributed by atoms with Crippen molar-refractivity contribution >= 4 is 17.8 Å². The number of nitrogens with zero attached hydrogens (tertiary/aromatic N) is 2. The van der Waals surface area contributed by atoms with E-state index in [0.717, 1.165) is 19.4 Å². The zero-order valence-corrected chi connectivity index (χ0v) is 14.1. The van der Waals surface area contributed by atoms with Crippen molar-refractivity contribution in [1.82, 2.24) is 4.90 Å². The summed E-state index contributed by atoms with van der Waals surface area (Å²) in [5, 5.41) is 9.45. The standard InChI is InChI=1S/C17H18N2O6/c1-10(20)24-15-14(8-18)19(17(22)16(15)25-11(2)21)9-12-4-6-13(23-3)7-5-12/h4-7,14-16H,9H2,1-3H3/t14-,15+,16-/m0/s1. The van der Waals surface area contributed by atoms with Gasteiger partial charge in [0.25, 0.3) is 5.91 Å². The molecule has 0 bridgehead atoms. The predicted molar refractivity (Wildman–Crippen MR) is 84.1 cm³/mol. The lowest BCUT2D eigenvalue weighted by Crippen LogP contribution is -2.38. The fourth-order valence-corrected chi connectivity index (χ4v) is 2.65. The number of methoxy groups -OCH3 is 1. The molecular weight excluding hydrogens is 328 g/mol. The van der Waals surface area contributed by atoms with Gasteiger partial charge in [0.05, 0.1) is 13.2 Å². The molecule has 0 radical (unpaired) electrons. The molecule has 3 atom stereocenters. The topological polar surface area (TPSA) is 106 Å². The van der Waals surface area contributed by atoms with Gasteiger partial charge in [-0.15, -0.1) is 0 Å². The molecule has 8 heteroatoms. The molecule has 25 heavy (non-hydrogen) atoms. The number of carbonyl (C=O) groups is 3. The molecule has 0 spiro atoms. The third kappa shape index (κ3) is 4.07. The number of carbonyl (C=O) groups excluding carboxylic acids is 3. The lowest BCUT2D eigenvalue weighted by molar-refractivity contribution is -0.165. The number of hydrogen-bond donors (Lipinski definition) is 0. The minimum atomic E-state index is -1.33. The zero-order chi connectivity index (χ0) is 18.6. The summed E-state index contributed by atoms with van der Waals surface area (Å²) in [6.45, 7) is 2.41. The summed E-state index contributed by atoms with van der Waals surface area (Å²) in [6.07, 6.45) is -2.50. The van der Waals surface area contributed by atoms with Gasteiger partial charge in [0.2, 0.25) is 6.10 Å². The van der Waals surface area contributed by atoms with E-state index in [-0.39, 0.29) is 6.54 Å². The van der Waals surface area contributed by atoms with Gasteiger partial charge in [-0.05, 0) is 17.7 Å². The molecule has 1 aliphatic heterocycles. The predicted octanol–water partition coefficient (Wildman–Crippen LogP) is 0.793. The molecule has 0 aliphatic carbocycles. The van der Waals surface area contributed by atoms with Crippen LogP contribution in [-0.4, -0.2) is 48.1 Å². The Bertz CT molecular complexity index is 709. The first kappa shape index (κ1) is 18.3. The average molecular weight is 346 g/mol. The fourth-order valence-electron chi connectivity index (χ4n) is 2.65. The molecule has 1 aromatic rings. The van der Waals surface area contributed by atoms with Crippen LogP contribution in [0.1, 0.15) is 19.4 Å². The van der Waals surface area contributed by atoms with Gasteiger partial charge in [-0.25, -0.2) is 0 Å². The van der Waals surface area contributed by atoms with Crippen LogP contribution in [0.5, 0.6) is 5.75 Å². The summed E-state index contributed by atoms with van der Waals surface area (Å²) in [5.41, 5.74) is 0.749. The molecule has 1 saturated heterocycles. The molecule has 1 fully saturated rings. The Labute approximate surface area is 144 Å². The SMILES string of the molecule is COc1ccc(CN2C(=O)[C@@H](OC(C)=O)[C@H](OC(C)=O)[C@@H]2C#N)cc1. The minimum Gasteiger partial charge on any atom is -0.497 e. The number of ether oxygens (including phenoxy) is 3. The molecule has 1 amide bonds. The number of hydrogen-bond acceptors (Lipinski definition) is 7. The number of likely N-dealkylation sites (tertiary alicyclic amines) is 1. The van der Waals surface area contributed by atoms with Crippen molar-refractivity contribution in [1.29, 1.82) is 5.26 Å². The molecule has 0 saturated carbocycles. The van der Waals surface area contributed by atoms with Gasteiger partial charge in [-0.1, -0.05) is 12.1 Å². The van der Waals surface area contributed by atoms with Crippen LogP contribution in [0.25, 0.3) is 0 Å². The van der Waals surface area contributed by atoms with Gasteiger partial charge in [-0.3, -0.25) is 14.4 Å². The zero-order valence-electron chi connectivity index (χ0n) is 14.1. The van der Waals surface area contributed by atoms with E-state index in [0.29, 0.717) is 5.75 Å². The first-order valence-electron chi connectivity index (χ1n) is 7.54. The van der Waals surface area contributed by atoms with Crippen molar-refractivity contribution < 1.29 is 28.6 Å². The summed E-state index contributed by atoms with van der Waals surface area (Å²) in [7, 11) is 1.54. The number of esters is 2. The van der Waals surface area contributed by atoms with E-state index in [1.54, 1.807) is 24.3 Å². The third-order valence-electron chi connectivity index (χ3n) is 3.71. The molecular formula is C17H18N2O6. The van der Waals surface area contributed by atoms with Gasteiger partial charge in [0, 0.05) is 20.4 Å². The van der Waals surface area contributed by atoms with Crippen LogP contribution in [0, 0.1) is 11.3 Å². The van der Waals surface area contributed by atoms with Crippen LogP contribution in [-0.2, 0) is 30.4 Å². The fraction of sp³-hybridized carbons (Fsp3) is 0.412. The van der Waals surface area contributed by atoms with E-state index in [1.165, 1.54) is 12.0 Å². The normalized spacial score (nSPS) is 22.2. The molecule has 2 rings (SSSR count). The minimum absolute atomic E-state index is 0.108. The maximum absolute atomic E-state index is 12.6. The first-order chi connectivity index (χ1) is 11.9. The van der Waals surface area contributed by atoms with E-state index in [2.05, 4.69) is 0 Å². The third-order valence-corrected chi connectivity index (χ3v) is 3.71. The summed E-state index contributed by atoms with van der Waals surface area (Å²) in [6, 6.07) is 7.86. The first-order valence-corrected chi connectivity index (χ1v) is 7.54. The Hall–Kier alpha value is -3.08. The number of amides is 1. The van der Waals surface area contributed by atoms with Crippen molar-refractivity contribution in [2.45, 2.75) is 38.6 Å². The van der Waals surface area contributed by atoms with Gasteiger partial charge in [0.15, 0.2) is 12.1 Å². The summed E-state index contributed by atoms with van der Waals surface area (Å²) >= 11 is 0. The van der Waals surface area contributed by atoms with Crippen molar-refractivity contribution in [3.63, 3.8) is 0 Å². The molecule has 1 heterocycles. The highest BCUT2D eigenvalue weighted by Crippen LogP contribution is 2.27. The number of nitriles is 1.